The van der Waals surface area contributed by atoms with Crippen molar-refractivity contribution in [2.24, 2.45) is 0 Å². The fourth-order valence-corrected chi connectivity index (χ4v) is 4.08. The second-order valence-corrected chi connectivity index (χ2v) is 7.52. The summed E-state index contributed by atoms with van der Waals surface area (Å²) in [6.07, 6.45) is 1.71. The Morgan fingerprint density at radius 3 is 2.68 bits per heavy atom. The molecule has 2 aromatic carbocycles. The number of sulfonamides is 1. The van der Waals surface area contributed by atoms with Crippen molar-refractivity contribution >= 4 is 27.3 Å². The standard InChI is InChI=1S/C18H20N2O4S/c1-3-12-4-8-16(24-2)17(10-12)25(22,23)20-14-6-7-15-13(11-14)5-9-18(21)19-15/h4,6-8,10-11,20H,3,5,9H2,1-2H3,(H,19,21). The monoisotopic (exact) mass is 360 g/mol. The second-order valence-electron chi connectivity index (χ2n) is 5.86. The molecule has 2 aromatic rings. The second kappa shape index (κ2) is 6.76. The van der Waals surface area contributed by atoms with Crippen molar-refractivity contribution in [3.63, 3.8) is 0 Å². The molecule has 1 heterocycles. The molecule has 0 fully saturated rings. The van der Waals surface area contributed by atoms with Crippen LogP contribution in [-0.4, -0.2) is 21.4 Å². The van der Waals surface area contributed by atoms with E-state index >= 15 is 0 Å². The van der Waals surface area contributed by atoms with Gasteiger partial charge in [0.2, 0.25) is 5.91 Å². The van der Waals surface area contributed by atoms with Crippen molar-refractivity contribution in [3.8, 4) is 5.75 Å². The van der Waals surface area contributed by atoms with Gasteiger partial charge in [0.15, 0.2) is 0 Å². The lowest BCUT2D eigenvalue weighted by molar-refractivity contribution is -0.116. The fraction of sp³-hybridized carbons (Fsp3) is 0.278. The minimum absolute atomic E-state index is 0.0260. The van der Waals surface area contributed by atoms with Gasteiger partial charge in [0, 0.05) is 17.8 Å². The van der Waals surface area contributed by atoms with Gasteiger partial charge in [-0.3, -0.25) is 9.52 Å². The van der Waals surface area contributed by atoms with Crippen molar-refractivity contribution in [2.75, 3.05) is 17.1 Å². The molecule has 0 unspecified atom stereocenters. The Labute approximate surface area is 147 Å². The van der Waals surface area contributed by atoms with Crippen LogP contribution in [0.25, 0.3) is 0 Å². The van der Waals surface area contributed by atoms with Crippen LogP contribution in [0.15, 0.2) is 41.3 Å². The summed E-state index contributed by atoms with van der Waals surface area (Å²) < 4.78 is 33.4. The highest BCUT2D eigenvalue weighted by Gasteiger charge is 2.21. The Balaban J connectivity index is 1.93. The van der Waals surface area contributed by atoms with E-state index in [1.807, 2.05) is 13.0 Å². The first-order valence-corrected chi connectivity index (χ1v) is 9.54. The quantitative estimate of drug-likeness (QED) is 0.859. The Kier molecular flexibility index (Phi) is 4.67. The lowest BCUT2D eigenvalue weighted by Gasteiger charge is -2.18. The highest BCUT2D eigenvalue weighted by Crippen LogP contribution is 2.30. The summed E-state index contributed by atoms with van der Waals surface area (Å²) in [5, 5.41) is 2.78. The minimum Gasteiger partial charge on any atom is -0.495 e. The highest BCUT2D eigenvalue weighted by atomic mass is 32.2. The molecule has 0 radical (unpaired) electrons. The summed E-state index contributed by atoms with van der Waals surface area (Å²) in [6, 6.07) is 10.2. The molecule has 7 heteroatoms. The molecule has 0 spiro atoms. The van der Waals surface area contributed by atoms with Crippen LogP contribution in [0.2, 0.25) is 0 Å². The van der Waals surface area contributed by atoms with E-state index in [1.165, 1.54) is 7.11 Å². The molecule has 25 heavy (non-hydrogen) atoms. The van der Waals surface area contributed by atoms with Gasteiger partial charge in [0.25, 0.3) is 10.0 Å². The number of anilines is 2. The number of benzene rings is 2. The lowest BCUT2D eigenvalue weighted by atomic mass is 10.0. The van der Waals surface area contributed by atoms with Gasteiger partial charge < -0.3 is 10.1 Å². The van der Waals surface area contributed by atoms with Gasteiger partial charge in [0.1, 0.15) is 10.6 Å². The van der Waals surface area contributed by atoms with E-state index in [4.69, 9.17) is 4.74 Å². The molecule has 0 saturated carbocycles. The van der Waals surface area contributed by atoms with E-state index in [0.29, 0.717) is 24.3 Å². The van der Waals surface area contributed by atoms with E-state index in [-0.39, 0.29) is 10.8 Å². The molecule has 0 bridgehead atoms. The molecular weight excluding hydrogens is 340 g/mol. The smallest absolute Gasteiger partial charge is 0.265 e. The largest absolute Gasteiger partial charge is 0.495 e. The number of nitrogens with one attached hydrogen (secondary N) is 2. The number of carbonyl (C=O) groups is 1. The summed E-state index contributed by atoms with van der Waals surface area (Å²) in [5.41, 5.74) is 3.01. The maximum absolute atomic E-state index is 12.8. The number of rotatable bonds is 5. The first kappa shape index (κ1) is 17.3. The van der Waals surface area contributed by atoms with Crippen LogP contribution < -0.4 is 14.8 Å². The fourth-order valence-electron chi connectivity index (χ4n) is 2.81. The zero-order valence-corrected chi connectivity index (χ0v) is 14.9. The SMILES string of the molecule is CCc1ccc(OC)c(S(=O)(=O)Nc2ccc3c(c2)CCC(=O)N3)c1. The molecule has 1 amide bonds. The first-order chi connectivity index (χ1) is 11.9. The van der Waals surface area contributed by atoms with Crippen LogP contribution in [0.1, 0.15) is 24.5 Å². The minimum atomic E-state index is -3.79. The first-order valence-electron chi connectivity index (χ1n) is 8.05. The maximum Gasteiger partial charge on any atom is 0.265 e. The Morgan fingerprint density at radius 2 is 1.96 bits per heavy atom. The normalized spacial score (nSPS) is 13.8. The van der Waals surface area contributed by atoms with Gasteiger partial charge in [-0.2, -0.15) is 0 Å². The summed E-state index contributed by atoms with van der Waals surface area (Å²) in [6.45, 7) is 1.96. The van der Waals surface area contributed by atoms with Crippen molar-refractivity contribution in [1.29, 1.82) is 0 Å². The van der Waals surface area contributed by atoms with Crippen LogP contribution in [0, 0.1) is 0 Å². The molecule has 132 valence electrons. The number of methoxy groups -OCH3 is 1. The van der Waals surface area contributed by atoms with E-state index in [9.17, 15) is 13.2 Å². The maximum atomic E-state index is 12.8. The van der Waals surface area contributed by atoms with Gasteiger partial charge >= 0.3 is 0 Å². The number of ether oxygens (including phenoxy) is 1. The zero-order chi connectivity index (χ0) is 18.0. The third-order valence-corrected chi connectivity index (χ3v) is 5.58. The van der Waals surface area contributed by atoms with Crippen molar-refractivity contribution < 1.29 is 17.9 Å². The van der Waals surface area contributed by atoms with Gasteiger partial charge in [-0.15, -0.1) is 0 Å². The predicted molar refractivity (Wildman–Crippen MR) is 96.6 cm³/mol. The van der Waals surface area contributed by atoms with Gasteiger partial charge in [-0.1, -0.05) is 13.0 Å². The summed E-state index contributed by atoms with van der Waals surface area (Å²) >= 11 is 0. The van der Waals surface area contributed by atoms with Gasteiger partial charge in [0.05, 0.1) is 7.11 Å². The molecule has 0 aliphatic carbocycles. The van der Waals surface area contributed by atoms with E-state index in [1.54, 1.807) is 30.3 Å². The molecule has 1 aliphatic heterocycles. The Bertz CT molecular complexity index is 923. The number of carbonyl (C=O) groups excluding carboxylic acids is 1. The molecule has 0 atom stereocenters. The van der Waals surface area contributed by atoms with Gasteiger partial charge in [-0.25, -0.2) is 8.42 Å². The number of hydrogen-bond acceptors (Lipinski definition) is 4. The van der Waals surface area contributed by atoms with Crippen LogP contribution in [0.5, 0.6) is 5.75 Å². The van der Waals surface area contributed by atoms with Crippen molar-refractivity contribution in [3.05, 3.63) is 47.5 Å². The summed E-state index contributed by atoms with van der Waals surface area (Å²) in [7, 11) is -2.34. The predicted octanol–water partition coefficient (Wildman–Crippen LogP) is 2.94. The Morgan fingerprint density at radius 1 is 1.16 bits per heavy atom. The molecule has 3 rings (SSSR count). The number of amides is 1. The molecule has 0 saturated heterocycles. The average molecular weight is 360 g/mol. The van der Waals surface area contributed by atoms with E-state index in [2.05, 4.69) is 10.0 Å². The van der Waals surface area contributed by atoms with Crippen LogP contribution >= 0.6 is 0 Å². The molecule has 6 nitrogen and oxygen atoms in total. The third kappa shape index (κ3) is 3.61. The molecule has 2 N–H and O–H groups in total. The topological polar surface area (TPSA) is 84.5 Å². The zero-order valence-electron chi connectivity index (χ0n) is 14.1. The van der Waals surface area contributed by atoms with Crippen molar-refractivity contribution in [2.45, 2.75) is 31.1 Å². The molecule has 0 aromatic heterocycles. The van der Waals surface area contributed by atoms with E-state index in [0.717, 1.165) is 23.2 Å². The van der Waals surface area contributed by atoms with Crippen LogP contribution in [0.4, 0.5) is 11.4 Å². The summed E-state index contributed by atoms with van der Waals surface area (Å²) in [4.78, 5) is 11.5. The van der Waals surface area contributed by atoms with Crippen LogP contribution in [0.3, 0.4) is 0 Å². The number of fused-ring (bicyclic) bond motifs is 1. The number of aryl methyl sites for hydroxylation is 2. The number of hydrogen-bond donors (Lipinski definition) is 2. The third-order valence-electron chi connectivity index (χ3n) is 4.18. The van der Waals surface area contributed by atoms with Gasteiger partial charge in [-0.05, 0) is 54.3 Å². The Hall–Kier alpha value is -2.54. The summed E-state index contributed by atoms with van der Waals surface area (Å²) in [5.74, 6) is 0.275. The molecular formula is C18H20N2O4S. The lowest BCUT2D eigenvalue weighted by Crippen LogP contribution is -2.19. The van der Waals surface area contributed by atoms with Crippen LogP contribution in [-0.2, 0) is 27.7 Å². The highest BCUT2D eigenvalue weighted by molar-refractivity contribution is 7.92. The van der Waals surface area contributed by atoms with E-state index < -0.39 is 10.0 Å². The van der Waals surface area contributed by atoms with Crippen molar-refractivity contribution in [1.82, 2.24) is 0 Å². The molecule has 1 aliphatic rings. The average Bonchev–Trinajstić information content (AvgIpc) is 2.61.